The van der Waals surface area contributed by atoms with Gasteiger partial charge in [0.05, 0.1) is 13.2 Å². The van der Waals surface area contributed by atoms with Crippen molar-refractivity contribution in [2.45, 2.75) is 33.1 Å². The van der Waals surface area contributed by atoms with Crippen LogP contribution in [0.4, 0.5) is 0 Å². The number of nitrogens with one attached hydrogen (secondary N) is 1. The Balaban J connectivity index is 2.12. The van der Waals surface area contributed by atoms with Crippen LogP contribution in [-0.4, -0.2) is 12.1 Å². The first-order valence-corrected chi connectivity index (χ1v) is 7.04. The van der Waals surface area contributed by atoms with E-state index in [2.05, 4.69) is 44.0 Å². The summed E-state index contributed by atoms with van der Waals surface area (Å²) < 4.78 is 5.35. The average Bonchev–Trinajstić information content (AvgIpc) is 2.79. The van der Waals surface area contributed by atoms with Crippen LogP contribution in [0.2, 0.25) is 0 Å². The summed E-state index contributed by atoms with van der Waals surface area (Å²) in [4.78, 5) is 3.46. The smallest absolute Gasteiger partial charge is 0.119 e. The van der Waals surface area contributed by atoms with E-state index in [-0.39, 0.29) is 5.41 Å². The third-order valence-corrected chi connectivity index (χ3v) is 4.92. The molecule has 0 bridgehead atoms. The minimum absolute atomic E-state index is 0.207. The number of aryl methyl sites for hydroxylation is 1. The number of nitriles is 1. The zero-order chi connectivity index (χ0) is 14.5. The fourth-order valence-electron chi connectivity index (χ4n) is 3.65. The van der Waals surface area contributed by atoms with E-state index in [1.54, 1.807) is 7.11 Å². The maximum absolute atomic E-state index is 9.01. The average molecular weight is 268 g/mol. The highest BCUT2D eigenvalue weighted by Crippen LogP contribution is 2.67. The molecule has 3 rings (SSSR count). The Morgan fingerprint density at radius 3 is 2.80 bits per heavy atom. The number of hydrogen-bond donors (Lipinski definition) is 1. The molecule has 2 atom stereocenters. The molecule has 0 amide bonds. The van der Waals surface area contributed by atoms with E-state index < -0.39 is 0 Å². The molecule has 0 unspecified atom stereocenters. The van der Waals surface area contributed by atoms with E-state index >= 15 is 0 Å². The van der Waals surface area contributed by atoms with Crippen molar-refractivity contribution >= 4 is 10.9 Å². The summed E-state index contributed by atoms with van der Waals surface area (Å²) in [6.07, 6.45) is 0.633. The van der Waals surface area contributed by atoms with Gasteiger partial charge < -0.3 is 9.72 Å². The Morgan fingerprint density at radius 2 is 2.15 bits per heavy atom. The number of benzene rings is 1. The minimum Gasteiger partial charge on any atom is -0.497 e. The van der Waals surface area contributed by atoms with Gasteiger partial charge in [0, 0.05) is 23.0 Å². The minimum atomic E-state index is 0.207. The molecule has 0 spiro atoms. The zero-order valence-corrected chi connectivity index (χ0v) is 12.4. The summed E-state index contributed by atoms with van der Waals surface area (Å²) >= 11 is 0. The zero-order valence-electron chi connectivity index (χ0n) is 12.4. The lowest BCUT2D eigenvalue weighted by Gasteiger charge is -2.05. The molecule has 20 heavy (non-hydrogen) atoms. The van der Waals surface area contributed by atoms with E-state index in [1.807, 2.05) is 6.07 Å². The highest BCUT2D eigenvalue weighted by atomic mass is 16.5. The highest BCUT2D eigenvalue weighted by molar-refractivity contribution is 5.87. The largest absolute Gasteiger partial charge is 0.497 e. The predicted molar refractivity (Wildman–Crippen MR) is 79.8 cm³/mol. The van der Waals surface area contributed by atoms with Gasteiger partial charge in [-0.1, -0.05) is 13.8 Å². The van der Waals surface area contributed by atoms with Gasteiger partial charge in [-0.3, -0.25) is 0 Å². The lowest BCUT2D eigenvalue weighted by Crippen LogP contribution is -1.91. The molecule has 1 aromatic carbocycles. The number of aromatic nitrogens is 1. The number of fused-ring (bicyclic) bond motifs is 1. The number of nitrogens with zero attached hydrogens (tertiary/aromatic N) is 1. The molecular weight excluding hydrogens is 248 g/mol. The summed E-state index contributed by atoms with van der Waals surface area (Å²) in [6, 6.07) is 8.48. The van der Waals surface area contributed by atoms with E-state index in [0.717, 1.165) is 11.3 Å². The molecule has 1 aliphatic rings. The topological polar surface area (TPSA) is 48.8 Å². The van der Waals surface area contributed by atoms with Crippen LogP contribution < -0.4 is 4.74 Å². The van der Waals surface area contributed by atoms with Crippen LogP contribution in [-0.2, 0) is 0 Å². The standard InChI is InChI=1S/C17H20N2O/c1-10-15(16-13(7-8-18)17(16,2)3)12-9-11(20-4)5-6-14(12)19-10/h5-6,9,13,16,19H,7H2,1-4H3/t13-,16-/m1/s1. The number of methoxy groups -OCH3 is 1. The van der Waals surface area contributed by atoms with Gasteiger partial charge in [-0.15, -0.1) is 0 Å². The lowest BCUT2D eigenvalue weighted by molar-refractivity contribution is 0.415. The molecule has 1 heterocycles. The Bertz CT molecular complexity index is 706. The monoisotopic (exact) mass is 268 g/mol. The second-order valence-electron chi connectivity index (χ2n) is 6.34. The Morgan fingerprint density at radius 1 is 1.40 bits per heavy atom. The predicted octanol–water partition coefficient (Wildman–Crippen LogP) is 4.14. The number of hydrogen-bond acceptors (Lipinski definition) is 2. The van der Waals surface area contributed by atoms with Crippen molar-refractivity contribution in [1.82, 2.24) is 4.98 Å². The van der Waals surface area contributed by atoms with Gasteiger partial charge in [0.1, 0.15) is 5.75 Å². The SMILES string of the molecule is COc1ccc2[nH]c(C)c([C@H]3[C@@H](CC#N)C3(C)C)c2c1. The number of aromatic amines is 1. The maximum atomic E-state index is 9.01. The van der Waals surface area contributed by atoms with Gasteiger partial charge in [-0.2, -0.15) is 5.26 Å². The summed E-state index contributed by atoms with van der Waals surface area (Å²) in [5, 5.41) is 10.2. The molecule has 2 aromatic rings. The molecular formula is C17H20N2O. The van der Waals surface area contributed by atoms with Crippen molar-refractivity contribution in [2.75, 3.05) is 7.11 Å². The number of rotatable bonds is 3. The van der Waals surface area contributed by atoms with Gasteiger partial charge in [-0.05, 0) is 47.9 Å². The Kier molecular flexibility index (Phi) is 2.79. The molecule has 0 aliphatic heterocycles. The second-order valence-corrected chi connectivity index (χ2v) is 6.34. The molecule has 1 saturated carbocycles. The van der Waals surface area contributed by atoms with Crippen molar-refractivity contribution < 1.29 is 4.74 Å². The molecule has 1 fully saturated rings. The van der Waals surface area contributed by atoms with Crippen molar-refractivity contribution in [3.05, 3.63) is 29.5 Å². The van der Waals surface area contributed by atoms with E-state index in [9.17, 15) is 0 Å². The molecule has 104 valence electrons. The van der Waals surface area contributed by atoms with Crippen LogP contribution in [0.25, 0.3) is 10.9 Å². The van der Waals surface area contributed by atoms with Crippen molar-refractivity contribution in [2.24, 2.45) is 11.3 Å². The van der Waals surface area contributed by atoms with Crippen molar-refractivity contribution in [3.8, 4) is 11.8 Å². The number of H-pyrrole nitrogens is 1. The molecule has 1 aromatic heterocycles. The second kappa shape index (κ2) is 4.28. The maximum Gasteiger partial charge on any atom is 0.119 e. The van der Waals surface area contributed by atoms with E-state index in [0.29, 0.717) is 18.3 Å². The van der Waals surface area contributed by atoms with E-state index in [4.69, 9.17) is 10.00 Å². The highest BCUT2D eigenvalue weighted by Gasteiger charge is 2.58. The Hall–Kier alpha value is -1.95. The third-order valence-electron chi connectivity index (χ3n) is 4.92. The van der Waals surface area contributed by atoms with Crippen LogP contribution in [0, 0.1) is 29.6 Å². The van der Waals surface area contributed by atoms with Gasteiger partial charge in [0.15, 0.2) is 0 Å². The Labute approximate surface area is 119 Å². The summed E-state index contributed by atoms with van der Waals surface area (Å²) in [5.74, 6) is 1.80. The molecule has 1 aliphatic carbocycles. The first-order valence-electron chi connectivity index (χ1n) is 7.04. The lowest BCUT2D eigenvalue weighted by atomic mass is 10.00. The fourth-order valence-corrected chi connectivity index (χ4v) is 3.65. The van der Waals surface area contributed by atoms with Crippen LogP contribution in [0.5, 0.6) is 5.75 Å². The fraction of sp³-hybridized carbons (Fsp3) is 0.471. The molecule has 3 nitrogen and oxygen atoms in total. The van der Waals surface area contributed by atoms with Crippen LogP contribution in [0.15, 0.2) is 18.2 Å². The van der Waals surface area contributed by atoms with Gasteiger partial charge in [-0.25, -0.2) is 0 Å². The van der Waals surface area contributed by atoms with Crippen molar-refractivity contribution in [3.63, 3.8) is 0 Å². The third kappa shape index (κ3) is 1.71. The molecule has 0 saturated heterocycles. The number of ether oxygens (including phenoxy) is 1. The molecule has 3 heteroatoms. The van der Waals surface area contributed by atoms with Crippen molar-refractivity contribution in [1.29, 1.82) is 5.26 Å². The van der Waals surface area contributed by atoms with Gasteiger partial charge >= 0.3 is 0 Å². The molecule has 1 N–H and O–H groups in total. The first-order chi connectivity index (χ1) is 9.50. The van der Waals surface area contributed by atoms with Gasteiger partial charge in [0.2, 0.25) is 0 Å². The first kappa shape index (κ1) is 13.1. The summed E-state index contributed by atoms with van der Waals surface area (Å²) in [7, 11) is 1.69. The van der Waals surface area contributed by atoms with Crippen LogP contribution in [0.3, 0.4) is 0 Å². The summed E-state index contributed by atoms with van der Waals surface area (Å²) in [6.45, 7) is 6.65. The summed E-state index contributed by atoms with van der Waals surface area (Å²) in [5.41, 5.74) is 3.94. The quantitative estimate of drug-likeness (QED) is 0.909. The van der Waals surface area contributed by atoms with Crippen LogP contribution >= 0.6 is 0 Å². The normalized spacial score (nSPS) is 23.6. The molecule has 0 radical (unpaired) electrons. The van der Waals surface area contributed by atoms with Gasteiger partial charge in [0.25, 0.3) is 0 Å². The van der Waals surface area contributed by atoms with Crippen LogP contribution in [0.1, 0.15) is 37.4 Å². The van der Waals surface area contributed by atoms with E-state index in [1.165, 1.54) is 16.6 Å².